The number of hydrogen-bond donors (Lipinski definition) is 4. The van der Waals surface area contributed by atoms with E-state index in [1.165, 1.54) is 7.11 Å². The standard InChI is InChI=1S/C10H20O6/c1-5(2)10(15-3)9(14)8(13)7(12)6(4-11)16-10/h5-9,11-14H,4H2,1-3H3/t6-,7-,8+,9-,10+/m1/s1. The summed E-state index contributed by atoms with van der Waals surface area (Å²) in [5.41, 5.74) is 0. The van der Waals surface area contributed by atoms with Gasteiger partial charge in [-0.05, 0) is 0 Å². The van der Waals surface area contributed by atoms with Crippen LogP contribution < -0.4 is 0 Å². The third kappa shape index (κ3) is 1.97. The van der Waals surface area contributed by atoms with Crippen LogP contribution >= 0.6 is 0 Å². The van der Waals surface area contributed by atoms with Crippen LogP contribution in [0.1, 0.15) is 13.8 Å². The third-order valence-electron chi connectivity index (χ3n) is 3.11. The van der Waals surface area contributed by atoms with Crippen molar-refractivity contribution in [3.8, 4) is 0 Å². The van der Waals surface area contributed by atoms with Gasteiger partial charge in [-0.25, -0.2) is 0 Å². The van der Waals surface area contributed by atoms with Crippen LogP contribution in [0.5, 0.6) is 0 Å². The molecule has 1 heterocycles. The molecule has 1 rings (SSSR count). The van der Waals surface area contributed by atoms with Gasteiger partial charge in [0.25, 0.3) is 0 Å². The van der Waals surface area contributed by atoms with Crippen LogP contribution in [0.4, 0.5) is 0 Å². The van der Waals surface area contributed by atoms with Crippen LogP contribution in [0, 0.1) is 5.92 Å². The van der Waals surface area contributed by atoms with Gasteiger partial charge in [-0.1, -0.05) is 13.8 Å². The number of aliphatic hydroxyl groups excluding tert-OH is 4. The summed E-state index contributed by atoms with van der Waals surface area (Å²) in [4.78, 5) is 0. The average Bonchev–Trinajstić information content (AvgIpc) is 2.27. The highest BCUT2D eigenvalue weighted by Gasteiger charge is 2.55. The third-order valence-corrected chi connectivity index (χ3v) is 3.11. The van der Waals surface area contributed by atoms with Gasteiger partial charge in [0, 0.05) is 13.0 Å². The Labute approximate surface area is 94.4 Å². The summed E-state index contributed by atoms with van der Waals surface area (Å²) in [6, 6.07) is 0. The fourth-order valence-electron chi connectivity index (χ4n) is 2.05. The minimum Gasteiger partial charge on any atom is -0.394 e. The summed E-state index contributed by atoms with van der Waals surface area (Å²) >= 11 is 0. The molecule has 1 aliphatic rings. The molecular formula is C10H20O6. The van der Waals surface area contributed by atoms with E-state index in [2.05, 4.69) is 0 Å². The van der Waals surface area contributed by atoms with Gasteiger partial charge in [-0.2, -0.15) is 0 Å². The number of hydrogen-bond acceptors (Lipinski definition) is 6. The zero-order valence-corrected chi connectivity index (χ0v) is 9.70. The Kier molecular flexibility index (Phi) is 4.28. The molecule has 6 nitrogen and oxygen atoms in total. The predicted molar refractivity (Wildman–Crippen MR) is 54.6 cm³/mol. The minimum atomic E-state index is -1.41. The monoisotopic (exact) mass is 236 g/mol. The largest absolute Gasteiger partial charge is 0.394 e. The van der Waals surface area contributed by atoms with E-state index >= 15 is 0 Å². The molecule has 0 aliphatic carbocycles. The van der Waals surface area contributed by atoms with Crippen molar-refractivity contribution < 1.29 is 29.9 Å². The lowest BCUT2D eigenvalue weighted by molar-refractivity contribution is -0.372. The van der Waals surface area contributed by atoms with Gasteiger partial charge in [0.05, 0.1) is 6.61 Å². The van der Waals surface area contributed by atoms with Crippen molar-refractivity contribution in [1.29, 1.82) is 0 Å². The van der Waals surface area contributed by atoms with Gasteiger partial charge in [0.15, 0.2) is 5.79 Å². The highest BCUT2D eigenvalue weighted by Crippen LogP contribution is 2.36. The molecule has 0 amide bonds. The first-order valence-electron chi connectivity index (χ1n) is 5.28. The Bertz CT molecular complexity index is 231. The summed E-state index contributed by atoms with van der Waals surface area (Å²) < 4.78 is 10.5. The number of ether oxygens (including phenoxy) is 2. The summed E-state index contributed by atoms with van der Waals surface area (Å²) in [5, 5.41) is 38.2. The molecule has 0 spiro atoms. The Morgan fingerprint density at radius 2 is 1.81 bits per heavy atom. The van der Waals surface area contributed by atoms with Crippen molar-refractivity contribution in [2.75, 3.05) is 13.7 Å². The van der Waals surface area contributed by atoms with Crippen LogP contribution in [0.15, 0.2) is 0 Å². The highest BCUT2D eigenvalue weighted by molar-refractivity contribution is 4.98. The van der Waals surface area contributed by atoms with E-state index in [4.69, 9.17) is 14.6 Å². The lowest BCUT2D eigenvalue weighted by Crippen LogP contribution is -2.67. The molecule has 0 aromatic rings. The molecular weight excluding hydrogens is 216 g/mol. The molecule has 96 valence electrons. The number of methoxy groups -OCH3 is 1. The molecule has 0 aromatic carbocycles. The molecule has 0 unspecified atom stereocenters. The van der Waals surface area contributed by atoms with Crippen molar-refractivity contribution in [2.24, 2.45) is 5.92 Å². The van der Waals surface area contributed by atoms with E-state index in [-0.39, 0.29) is 5.92 Å². The second-order valence-electron chi connectivity index (χ2n) is 4.35. The summed E-state index contributed by atoms with van der Waals surface area (Å²) in [6.07, 6.45) is -5.08. The first kappa shape index (κ1) is 13.8. The maximum Gasteiger partial charge on any atom is 0.199 e. The predicted octanol–water partition coefficient (Wildman–Crippen LogP) is -1.54. The second kappa shape index (κ2) is 4.95. The zero-order valence-electron chi connectivity index (χ0n) is 9.70. The molecule has 16 heavy (non-hydrogen) atoms. The van der Waals surface area contributed by atoms with E-state index in [9.17, 15) is 15.3 Å². The van der Waals surface area contributed by atoms with Gasteiger partial charge in [0.2, 0.25) is 0 Å². The van der Waals surface area contributed by atoms with Gasteiger partial charge in [-0.3, -0.25) is 0 Å². The zero-order chi connectivity index (χ0) is 12.5. The van der Waals surface area contributed by atoms with E-state index < -0.39 is 36.8 Å². The molecule has 1 fully saturated rings. The van der Waals surface area contributed by atoms with Crippen LogP contribution in [0.25, 0.3) is 0 Å². The van der Waals surface area contributed by atoms with E-state index in [1.807, 2.05) is 0 Å². The van der Waals surface area contributed by atoms with Crippen LogP contribution in [0.3, 0.4) is 0 Å². The maximum absolute atomic E-state index is 9.90. The fourth-order valence-corrected chi connectivity index (χ4v) is 2.05. The van der Waals surface area contributed by atoms with Gasteiger partial charge in [0.1, 0.15) is 24.4 Å². The molecule has 0 bridgehead atoms. The quantitative estimate of drug-likeness (QED) is 0.474. The smallest absolute Gasteiger partial charge is 0.199 e. The lowest BCUT2D eigenvalue weighted by Gasteiger charge is -2.49. The normalized spacial score (nSPS) is 45.0. The molecule has 5 atom stereocenters. The number of rotatable bonds is 3. The van der Waals surface area contributed by atoms with Crippen LogP contribution in [0.2, 0.25) is 0 Å². The van der Waals surface area contributed by atoms with Crippen molar-refractivity contribution in [2.45, 2.75) is 44.1 Å². The summed E-state index contributed by atoms with van der Waals surface area (Å²) in [7, 11) is 1.35. The molecule has 4 N–H and O–H groups in total. The average molecular weight is 236 g/mol. The van der Waals surface area contributed by atoms with Crippen LogP contribution in [-0.2, 0) is 9.47 Å². The van der Waals surface area contributed by atoms with Gasteiger partial charge < -0.3 is 29.9 Å². The van der Waals surface area contributed by atoms with Crippen molar-refractivity contribution in [3.63, 3.8) is 0 Å². The first-order valence-corrected chi connectivity index (χ1v) is 5.28. The van der Waals surface area contributed by atoms with Crippen molar-refractivity contribution in [3.05, 3.63) is 0 Å². The molecule has 0 radical (unpaired) electrons. The Morgan fingerprint density at radius 1 is 1.25 bits per heavy atom. The SMILES string of the molecule is CO[C@@]1(C(C)C)O[C@H](CO)[C@@H](O)[C@H](O)[C@H]1O. The first-order chi connectivity index (χ1) is 7.40. The molecule has 0 saturated carbocycles. The topological polar surface area (TPSA) is 99.4 Å². The fraction of sp³-hybridized carbons (Fsp3) is 1.00. The minimum absolute atomic E-state index is 0.247. The Hall–Kier alpha value is -0.240. The number of aliphatic hydroxyl groups is 4. The molecule has 6 heteroatoms. The summed E-state index contributed by atoms with van der Waals surface area (Å²) in [6.45, 7) is 3.06. The van der Waals surface area contributed by atoms with Crippen molar-refractivity contribution >= 4 is 0 Å². The molecule has 1 saturated heterocycles. The lowest BCUT2D eigenvalue weighted by atomic mass is 9.86. The summed E-state index contributed by atoms with van der Waals surface area (Å²) in [5.74, 6) is -1.66. The van der Waals surface area contributed by atoms with E-state index in [0.29, 0.717) is 0 Å². The second-order valence-corrected chi connectivity index (χ2v) is 4.35. The molecule has 0 aromatic heterocycles. The van der Waals surface area contributed by atoms with E-state index in [1.54, 1.807) is 13.8 Å². The Balaban J connectivity index is 3.01. The van der Waals surface area contributed by atoms with Crippen molar-refractivity contribution in [1.82, 2.24) is 0 Å². The van der Waals surface area contributed by atoms with Gasteiger partial charge >= 0.3 is 0 Å². The molecule has 1 aliphatic heterocycles. The maximum atomic E-state index is 9.90. The van der Waals surface area contributed by atoms with E-state index in [0.717, 1.165) is 0 Å². The highest BCUT2D eigenvalue weighted by atomic mass is 16.7. The van der Waals surface area contributed by atoms with Gasteiger partial charge in [-0.15, -0.1) is 0 Å². The van der Waals surface area contributed by atoms with Crippen LogP contribution in [-0.4, -0.2) is 64.3 Å². The Morgan fingerprint density at radius 3 is 2.19 bits per heavy atom.